The van der Waals surface area contributed by atoms with Crippen molar-refractivity contribution in [3.8, 4) is 0 Å². The molecule has 0 aliphatic carbocycles. The van der Waals surface area contributed by atoms with Crippen LogP contribution in [0.4, 0.5) is 15.0 Å². The van der Waals surface area contributed by atoms with E-state index < -0.39 is 17.4 Å². The Hall–Kier alpha value is -2.22. The molecule has 1 unspecified atom stereocenters. The number of nitrogens with one attached hydrogen (secondary N) is 1. The molecule has 1 aliphatic heterocycles. The van der Waals surface area contributed by atoms with Crippen LogP contribution in [0.2, 0.25) is 5.15 Å². The van der Waals surface area contributed by atoms with Crippen molar-refractivity contribution in [2.24, 2.45) is 0 Å². The molecule has 1 aliphatic rings. The third-order valence-corrected chi connectivity index (χ3v) is 4.37. The van der Waals surface area contributed by atoms with Crippen molar-refractivity contribution < 1.29 is 13.9 Å². The van der Waals surface area contributed by atoms with E-state index in [4.69, 9.17) is 16.3 Å². The highest BCUT2D eigenvalue weighted by Crippen LogP contribution is 2.28. The smallest absolute Gasteiger partial charge is 0.410 e. The molecular weight excluding hydrogens is 373 g/mol. The normalized spacial score (nSPS) is 20.6. The van der Waals surface area contributed by atoms with E-state index in [2.05, 4.69) is 20.3 Å². The molecule has 1 atom stereocenters. The molecule has 146 valence electrons. The maximum absolute atomic E-state index is 15.4. The highest BCUT2D eigenvalue weighted by Gasteiger charge is 2.38. The van der Waals surface area contributed by atoms with E-state index in [9.17, 15) is 4.79 Å². The fraction of sp³-hybridized carbons (Fsp3) is 0.556. The first kappa shape index (κ1) is 19.5. The summed E-state index contributed by atoms with van der Waals surface area (Å²) in [4.78, 5) is 26.3. The van der Waals surface area contributed by atoms with Crippen LogP contribution in [0.5, 0.6) is 0 Å². The summed E-state index contributed by atoms with van der Waals surface area (Å²) in [5.41, 5.74) is -1.13. The maximum atomic E-state index is 15.4. The Morgan fingerprint density at radius 1 is 1.41 bits per heavy atom. The molecule has 1 fully saturated rings. The molecule has 7 nitrogen and oxygen atoms in total. The summed E-state index contributed by atoms with van der Waals surface area (Å²) in [6, 6.07) is 1.60. The molecule has 0 saturated carbocycles. The zero-order valence-corrected chi connectivity index (χ0v) is 16.4. The summed E-state index contributed by atoms with van der Waals surface area (Å²) >= 11 is 6.02. The summed E-state index contributed by atoms with van der Waals surface area (Å²) in [6.07, 6.45) is 3.49. The van der Waals surface area contributed by atoms with E-state index in [0.717, 1.165) is 0 Å². The summed E-state index contributed by atoms with van der Waals surface area (Å²) < 4.78 is 20.8. The number of likely N-dealkylation sites (tertiary alicyclic amines) is 1. The van der Waals surface area contributed by atoms with Gasteiger partial charge in [-0.2, -0.15) is 0 Å². The van der Waals surface area contributed by atoms with Crippen LogP contribution in [0, 0.1) is 0 Å². The number of hydrogen-bond acceptors (Lipinski definition) is 6. The Morgan fingerprint density at radius 2 is 2.15 bits per heavy atom. The number of piperidine rings is 1. The highest BCUT2D eigenvalue weighted by atomic mass is 35.5. The molecule has 1 saturated heterocycles. The second-order valence-corrected chi connectivity index (χ2v) is 8.11. The number of nitrogens with zero attached hydrogens (tertiary/aromatic N) is 4. The Labute approximate surface area is 162 Å². The molecule has 9 heteroatoms. The number of hydrogen-bond donors (Lipinski definition) is 1. The predicted octanol–water partition coefficient (Wildman–Crippen LogP) is 3.83. The van der Waals surface area contributed by atoms with Gasteiger partial charge in [0.25, 0.3) is 0 Å². The van der Waals surface area contributed by atoms with Crippen LogP contribution in [-0.4, -0.2) is 56.8 Å². The van der Waals surface area contributed by atoms with Gasteiger partial charge in [0.2, 0.25) is 0 Å². The third-order valence-electron chi connectivity index (χ3n) is 4.18. The van der Waals surface area contributed by atoms with Crippen LogP contribution >= 0.6 is 11.6 Å². The van der Waals surface area contributed by atoms with Crippen molar-refractivity contribution in [1.29, 1.82) is 0 Å². The quantitative estimate of drug-likeness (QED) is 0.795. The summed E-state index contributed by atoms with van der Waals surface area (Å²) in [7, 11) is 0. The van der Waals surface area contributed by atoms with Gasteiger partial charge in [0.05, 0.1) is 18.6 Å². The van der Waals surface area contributed by atoms with E-state index in [-0.39, 0.29) is 18.2 Å². The average molecular weight is 396 g/mol. The number of anilines is 1. The number of aromatic nitrogens is 3. The highest BCUT2D eigenvalue weighted by molar-refractivity contribution is 6.30. The van der Waals surface area contributed by atoms with Crippen LogP contribution in [0.3, 0.4) is 0 Å². The topological polar surface area (TPSA) is 80.2 Å². The van der Waals surface area contributed by atoms with Gasteiger partial charge in [0.1, 0.15) is 21.9 Å². The van der Waals surface area contributed by atoms with Gasteiger partial charge in [0, 0.05) is 25.0 Å². The summed E-state index contributed by atoms with van der Waals surface area (Å²) in [6.45, 7) is 5.77. The number of amides is 1. The summed E-state index contributed by atoms with van der Waals surface area (Å²) in [5, 5.41) is 3.24. The van der Waals surface area contributed by atoms with Crippen LogP contribution < -0.4 is 5.32 Å². The van der Waals surface area contributed by atoms with Gasteiger partial charge in [0.15, 0.2) is 5.82 Å². The SMILES string of the molecule is CC(C)(C)OC(=O)N1CCCC(F)(CNc2nc(Cl)cc3nccnc23)C1. The number of pyridine rings is 1. The minimum atomic E-state index is -1.60. The Balaban J connectivity index is 1.71. The minimum absolute atomic E-state index is 0.0225. The van der Waals surface area contributed by atoms with E-state index in [1.165, 1.54) is 4.90 Å². The van der Waals surface area contributed by atoms with Gasteiger partial charge in [-0.25, -0.2) is 19.2 Å². The molecule has 0 aromatic carbocycles. The molecule has 1 amide bonds. The average Bonchev–Trinajstić information content (AvgIpc) is 2.58. The zero-order chi connectivity index (χ0) is 19.7. The molecular formula is C18H23ClFN5O2. The van der Waals surface area contributed by atoms with Crippen molar-refractivity contribution in [3.63, 3.8) is 0 Å². The van der Waals surface area contributed by atoms with Gasteiger partial charge >= 0.3 is 6.09 Å². The first-order valence-electron chi connectivity index (χ1n) is 8.83. The van der Waals surface area contributed by atoms with Crippen molar-refractivity contribution in [2.45, 2.75) is 44.9 Å². The third kappa shape index (κ3) is 4.94. The monoisotopic (exact) mass is 395 g/mol. The first-order valence-corrected chi connectivity index (χ1v) is 9.21. The molecule has 27 heavy (non-hydrogen) atoms. The fourth-order valence-corrected chi connectivity index (χ4v) is 3.21. The van der Waals surface area contributed by atoms with Gasteiger partial charge in [-0.3, -0.25) is 4.98 Å². The zero-order valence-electron chi connectivity index (χ0n) is 15.6. The van der Waals surface area contributed by atoms with Gasteiger partial charge in [-0.15, -0.1) is 0 Å². The van der Waals surface area contributed by atoms with E-state index in [0.29, 0.717) is 36.2 Å². The largest absolute Gasteiger partial charge is 0.444 e. The molecule has 0 spiro atoms. The van der Waals surface area contributed by atoms with Crippen molar-refractivity contribution in [3.05, 3.63) is 23.6 Å². The van der Waals surface area contributed by atoms with Crippen molar-refractivity contribution in [1.82, 2.24) is 19.9 Å². The number of carbonyl (C=O) groups excluding carboxylic acids is 1. The van der Waals surface area contributed by atoms with E-state index in [1.807, 2.05) is 0 Å². The molecule has 0 bridgehead atoms. The first-order chi connectivity index (χ1) is 12.7. The number of halogens is 2. The van der Waals surface area contributed by atoms with Crippen LogP contribution in [-0.2, 0) is 4.74 Å². The maximum Gasteiger partial charge on any atom is 0.410 e. The van der Waals surface area contributed by atoms with E-state index in [1.54, 1.807) is 39.2 Å². The van der Waals surface area contributed by atoms with Crippen LogP contribution in [0.25, 0.3) is 11.0 Å². The number of fused-ring (bicyclic) bond motifs is 1. The van der Waals surface area contributed by atoms with Gasteiger partial charge < -0.3 is 15.0 Å². The number of alkyl halides is 1. The Morgan fingerprint density at radius 3 is 2.89 bits per heavy atom. The lowest BCUT2D eigenvalue weighted by molar-refractivity contribution is -0.00210. The molecule has 0 radical (unpaired) electrons. The lowest BCUT2D eigenvalue weighted by Crippen LogP contribution is -2.52. The molecule has 2 aromatic heterocycles. The molecule has 2 aromatic rings. The molecule has 3 rings (SSSR count). The number of ether oxygens (including phenoxy) is 1. The number of carbonyl (C=O) groups is 1. The lowest BCUT2D eigenvalue weighted by Gasteiger charge is -2.38. The number of rotatable bonds is 3. The van der Waals surface area contributed by atoms with Crippen LogP contribution in [0.1, 0.15) is 33.6 Å². The summed E-state index contributed by atoms with van der Waals surface area (Å²) in [5.74, 6) is 0.372. The van der Waals surface area contributed by atoms with Crippen molar-refractivity contribution >= 4 is 34.5 Å². The van der Waals surface area contributed by atoms with Crippen LogP contribution in [0.15, 0.2) is 18.5 Å². The van der Waals surface area contributed by atoms with Gasteiger partial charge in [-0.1, -0.05) is 11.6 Å². The lowest BCUT2D eigenvalue weighted by atomic mass is 9.95. The molecule has 3 heterocycles. The predicted molar refractivity (Wildman–Crippen MR) is 102 cm³/mol. The Kier molecular flexibility index (Phi) is 5.37. The Bertz CT molecular complexity index is 844. The second kappa shape index (κ2) is 7.42. The fourth-order valence-electron chi connectivity index (χ4n) is 3.02. The van der Waals surface area contributed by atoms with Gasteiger partial charge in [-0.05, 0) is 33.6 Å². The standard InChI is InChI=1S/C18H23ClFN5O2/c1-17(2,3)27-16(26)25-8-4-5-18(20,11-25)10-23-15-14-12(9-13(19)24-15)21-6-7-22-14/h6-7,9H,4-5,8,10-11H2,1-3H3,(H,23,24). The van der Waals surface area contributed by atoms with E-state index >= 15 is 4.39 Å². The second-order valence-electron chi connectivity index (χ2n) is 7.73. The van der Waals surface area contributed by atoms with Crippen molar-refractivity contribution in [2.75, 3.05) is 25.0 Å². The minimum Gasteiger partial charge on any atom is -0.444 e. The molecule has 1 N–H and O–H groups in total.